The van der Waals surface area contributed by atoms with Gasteiger partial charge in [0.1, 0.15) is 24.4 Å². The van der Waals surface area contributed by atoms with E-state index in [9.17, 15) is 30.3 Å². The van der Waals surface area contributed by atoms with Crippen molar-refractivity contribution in [2.45, 2.75) is 339 Å². The molecule has 0 radical (unpaired) electrons. The lowest BCUT2D eigenvalue weighted by atomic mass is 9.99. The van der Waals surface area contributed by atoms with Gasteiger partial charge in [0.15, 0.2) is 6.29 Å². The number of nitrogens with one attached hydrogen (secondary N) is 1. The van der Waals surface area contributed by atoms with Gasteiger partial charge in [-0.3, -0.25) is 4.79 Å². The minimum atomic E-state index is -1.55. The fraction of sp³-hybridized carbons (Fsp3) is 0.917. The van der Waals surface area contributed by atoms with Gasteiger partial charge in [0, 0.05) is 6.42 Å². The molecule has 0 spiro atoms. The standard InChI is InChI=1S/C60H115NO8/c1-3-5-7-9-11-13-15-17-19-21-23-25-26-27-28-30-32-34-36-38-40-42-44-46-48-50-56(64)61-53(52-68-60-59(67)58(66)57(65)55(51-62)69-60)54(63)49-47-45-43-41-39-37-35-33-31-29-24-22-20-18-16-14-12-10-8-6-4-2/h23,25,27-28,53-55,57-60,62-63,65-67H,3-22,24,26,29-52H2,1-2H3,(H,61,64)/b25-23-,28-27-. The van der Waals surface area contributed by atoms with Crippen LogP contribution in [0.4, 0.5) is 0 Å². The van der Waals surface area contributed by atoms with Gasteiger partial charge in [0.2, 0.25) is 5.91 Å². The van der Waals surface area contributed by atoms with Crippen LogP contribution < -0.4 is 5.32 Å². The summed E-state index contributed by atoms with van der Waals surface area (Å²) in [5.41, 5.74) is 0. The van der Waals surface area contributed by atoms with Crippen LogP contribution in [-0.4, -0.2) is 87.5 Å². The van der Waals surface area contributed by atoms with Gasteiger partial charge in [-0.05, 0) is 44.9 Å². The summed E-state index contributed by atoms with van der Waals surface area (Å²) in [5.74, 6) is -0.144. The average molecular weight is 979 g/mol. The summed E-state index contributed by atoms with van der Waals surface area (Å²) in [7, 11) is 0. The molecule has 9 heteroatoms. The highest BCUT2D eigenvalue weighted by Crippen LogP contribution is 2.23. The van der Waals surface area contributed by atoms with E-state index in [-0.39, 0.29) is 12.5 Å². The Morgan fingerprint density at radius 1 is 0.493 bits per heavy atom. The third-order valence-electron chi connectivity index (χ3n) is 14.6. The second-order valence-corrected chi connectivity index (χ2v) is 21.1. The Bertz CT molecular complexity index is 1130. The SMILES string of the molecule is CCCCCCCCCCC/C=C\C/C=C\CCCCCCCCCCCC(=O)NC(COC1OC(CO)C(O)C(O)C1O)C(O)CCCCCCCCCCCCCCCCCCCCCCC. The second kappa shape index (κ2) is 50.2. The van der Waals surface area contributed by atoms with Crippen LogP contribution >= 0.6 is 0 Å². The molecule has 0 saturated carbocycles. The predicted octanol–water partition coefficient (Wildman–Crippen LogP) is 15.0. The fourth-order valence-corrected chi connectivity index (χ4v) is 9.78. The van der Waals surface area contributed by atoms with E-state index in [0.29, 0.717) is 12.8 Å². The van der Waals surface area contributed by atoms with Crippen molar-refractivity contribution in [2.75, 3.05) is 13.2 Å². The maximum Gasteiger partial charge on any atom is 0.220 e. The number of rotatable bonds is 52. The number of amides is 1. The van der Waals surface area contributed by atoms with E-state index >= 15 is 0 Å². The predicted molar refractivity (Wildman–Crippen MR) is 290 cm³/mol. The molecule has 0 aromatic rings. The lowest BCUT2D eigenvalue weighted by molar-refractivity contribution is -0.302. The van der Waals surface area contributed by atoms with E-state index in [2.05, 4.69) is 43.5 Å². The van der Waals surface area contributed by atoms with Crippen molar-refractivity contribution in [1.82, 2.24) is 5.32 Å². The van der Waals surface area contributed by atoms with Crippen molar-refractivity contribution in [3.63, 3.8) is 0 Å². The molecule has 0 aromatic heterocycles. The van der Waals surface area contributed by atoms with E-state index in [0.717, 1.165) is 44.9 Å². The van der Waals surface area contributed by atoms with Crippen LogP contribution in [-0.2, 0) is 14.3 Å². The zero-order valence-electron chi connectivity index (χ0n) is 45.3. The van der Waals surface area contributed by atoms with Gasteiger partial charge in [-0.25, -0.2) is 0 Å². The topological polar surface area (TPSA) is 149 Å². The molecule has 1 fully saturated rings. The van der Waals surface area contributed by atoms with E-state index in [4.69, 9.17) is 9.47 Å². The molecule has 0 aromatic carbocycles. The number of ether oxygens (including phenoxy) is 2. The zero-order valence-corrected chi connectivity index (χ0v) is 45.3. The number of aliphatic hydroxyl groups excluding tert-OH is 5. The van der Waals surface area contributed by atoms with Crippen LogP contribution in [0.1, 0.15) is 296 Å². The first-order valence-electron chi connectivity index (χ1n) is 30.0. The molecule has 1 amide bonds. The molecular weight excluding hydrogens is 863 g/mol. The van der Waals surface area contributed by atoms with Gasteiger partial charge in [0.05, 0.1) is 25.4 Å². The summed E-state index contributed by atoms with van der Waals surface area (Å²) in [6, 6.07) is -0.721. The Labute approximate surface area is 426 Å². The second-order valence-electron chi connectivity index (χ2n) is 21.1. The molecule has 408 valence electrons. The maximum atomic E-state index is 13.1. The van der Waals surface area contributed by atoms with Crippen LogP contribution in [0.3, 0.4) is 0 Å². The van der Waals surface area contributed by atoms with Gasteiger partial charge in [-0.15, -0.1) is 0 Å². The Morgan fingerprint density at radius 2 is 0.855 bits per heavy atom. The fourth-order valence-electron chi connectivity index (χ4n) is 9.78. The van der Waals surface area contributed by atoms with Crippen LogP contribution in [0, 0.1) is 0 Å². The third kappa shape index (κ3) is 39.8. The number of unbranched alkanes of at least 4 members (excludes halogenated alkanes) is 38. The van der Waals surface area contributed by atoms with Crippen LogP contribution in [0.15, 0.2) is 24.3 Å². The van der Waals surface area contributed by atoms with Gasteiger partial charge in [0.25, 0.3) is 0 Å². The summed E-state index contributed by atoms with van der Waals surface area (Å²) in [5, 5.41) is 54.7. The summed E-state index contributed by atoms with van der Waals surface area (Å²) in [6.45, 7) is 3.87. The highest BCUT2D eigenvalue weighted by molar-refractivity contribution is 5.76. The Kier molecular flexibility index (Phi) is 47.8. The molecule has 1 aliphatic heterocycles. The maximum absolute atomic E-state index is 13.1. The van der Waals surface area contributed by atoms with Gasteiger partial charge < -0.3 is 40.3 Å². The molecule has 1 rings (SSSR count). The van der Waals surface area contributed by atoms with Gasteiger partial charge >= 0.3 is 0 Å². The van der Waals surface area contributed by atoms with E-state index in [1.165, 1.54) is 225 Å². The number of hydrogen-bond donors (Lipinski definition) is 6. The summed E-state index contributed by atoms with van der Waals surface area (Å²) < 4.78 is 11.3. The monoisotopic (exact) mass is 978 g/mol. The molecule has 1 heterocycles. The van der Waals surface area contributed by atoms with Crippen molar-refractivity contribution >= 4 is 5.91 Å². The third-order valence-corrected chi connectivity index (χ3v) is 14.6. The van der Waals surface area contributed by atoms with Crippen LogP contribution in [0.25, 0.3) is 0 Å². The molecule has 9 nitrogen and oxygen atoms in total. The van der Waals surface area contributed by atoms with Crippen molar-refractivity contribution in [2.24, 2.45) is 0 Å². The smallest absolute Gasteiger partial charge is 0.220 e. The highest BCUT2D eigenvalue weighted by Gasteiger charge is 2.44. The molecular formula is C60H115NO8. The lowest BCUT2D eigenvalue weighted by Crippen LogP contribution is -2.60. The molecule has 0 bridgehead atoms. The normalized spacial score (nSPS) is 19.6. The zero-order chi connectivity index (χ0) is 50.1. The molecule has 7 atom stereocenters. The van der Waals surface area contributed by atoms with Crippen molar-refractivity contribution in [3.05, 3.63) is 24.3 Å². The molecule has 1 aliphatic rings. The Morgan fingerprint density at radius 3 is 1.25 bits per heavy atom. The Balaban J connectivity index is 2.19. The number of carbonyl (C=O) groups is 1. The molecule has 6 N–H and O–H groups in total. The summed E-state index contributed by atoms with van der Waals surface area (Å²) >= 11 is 0. The van der Waals surface area contributed by atoms with Gasteiger partial charge in [-0.1, -0.05) is 269 Å². The Hall–Kier alpha value is -1.33. The first-order valence-corrected chi connectivity index (χ1v) is 30.0. The molecule has 1 saturated heterocycles. The van der Waals surface area contributed by atoms with Crippen LogP contribution in [0.2, 0.25) is 0 Å². The van der Waals surface area contributed by atoms with E-state index in [1.54, 1.807) is 0 Å². The average Bonchev–Trinajstić information content (AvgIpc) is 3.35. The van der Waals surface area contributed by atoms with Crippen molar-refractivity contribution < 1.29 is 39.8 Å². The van der Waals surface area contributed by atoms with Crippen molar-refractivity contribution in [1.29, 1.82) is 0 Å². The summed E-state index contributed by atoms with van der Waals surface area (Å²) in [6.07, 6.45) is 56.3. The lowest BCUT2D eigenvalue weighted by Gasteiger charge is -2.40. The molecule has 69 heavy (non-hydrogen) atoms. The first-order chi connectivity index (χ1) is 33.8. The number of aliphatic hydroxyl groups is 5. The number of hydrogen-bond acceptors (Lipinski definition) is 8. The number of carbonyl (C=O) groups excluding carboxylic acids is 1. The van der Waals surface area contributed by atoms with E-state index < -0.39 is 49.5 Å². The molecule has 7 unspecified atom stereocenters. The van der Waals surface area contributed by atoms with Crippen molar-refractivity contribution in [3.8, 4) is 0 Å². The van der Waals surface area contributed by atoms with E-state index in [1.807, 2.05) is 0 Å². The minimum absolute atomic E-state index is 0.137. The first kappa shape index (κ1) is 65.7. The highest BCUT2D eigenvalue weighted by atomic mass is 16.7. The quantitative estimate of drug-likeness (QED) is 0.0261. The number of allylic oxidation sites excluding steroid dienone is 4. The minimum Gasteiger partial charge on any atom is -0.394 e. The summed E-state index contributed by atoms with van der Waals surface area (Å²) in [4.78, 5) is 13.1. The largest absolute Gasteiger partial charge is 0.394 e. The van der Waals surface area contributed by atoms with Gasteiger partial charge in [-0.2, -0.15) is 0 Å². The van der Waals surface area contributed by atoms with Crippen LogP contribution in [0.5, 0.6) is 0 Å². The molecule has 0 aliphatic carbocycles.